The van der Waals surface area contributed by atoms with E-state index in [4.69, 9.17) is 4.74 Å². The van der Waals surface area contributed by atoms with Gasteiger partial charge in [0.1, 0.15) is 24.3 Å². The Balaban J connectivity index is 1.92. The van der Waals surface area contributed by atoms with Crippen LogP contribution in [0.15, 0.2) is 30.6 Å². The van der Waals surface area contributed by atoms with Crippen molar-refractivity contribution in [2.75, 3.05) is 6.61 Å². The molecule has 2 aromatic rings. The van der Waals surface area contributed by atoms with Crippen molar-refractivity contribution in [1.29, 1.82) is 0 Å². The van der Waals surface area contributed by atoms with Crippen molar-refractivity contribution in [3.05, 3.63) is 47.5 Å². The first kappa shape index (κ1) is 14.6. The lowest BCUT2D eigenvalue weighted by atomic mass is 10.1. The Bertz CT molecular complexity index is 563. The van der Waals surface area contributed by atoms with Crippen molar-refractivity contribution >= 4 is 0 Å². The molecule has 1 aromatic heterocycles. The molecule has 0 saturated carbocycles. The lowest BCUT2D eigenvalue weighted by molar-refractivity contribution is 0.0914. The van der Waals surface area contributed by atoms with E-state index in [1.165, 1.54) is 0 Å². The van der Waals surface area contributed by atoms with Crippen LogP contribution in [0.2, 0.25) is 0 Å². The van der Waals surface area contributed by atoms with Gasteiger partial charge in [0.25, 0.3) is 0 Å². The molecule has 20 heavy (non-hydrogen) atoms. The Labute approximate surface area is 120 Å². The van der Waals surface area contributed by atoms with Crippen LogP contribution in [-0.2, 0) is 13.0 Å². The topological polar surface area (TPSA) is 47.3 Å². The number of rotatable bonds is 6. The first-order valence-electron chi connectivity index (χ1n) is 6.98. The molecule has 4 heteroatoms. The van der Waals surface area contributed by atoms with E-state index in [0.29, 0.717) is 6.54 Å². The Morgan fingerprint density at radius 3 is 2.90 bits per heavy atom. The number of aromatic nitrogens is 2. The lowest BCUT2D eigenvalue weighted by Crippen LogP contribution is -2.24. The quantitative estimate of drug-likeness (QED) is 0.880. The van der Waals surface area contributed by atoms with Crippen LogP contribution >= 0.6 is 0 Å². The van der Waals surface area contributed by atoms with Gasteiger partial charge in [0, 0.05) is 18.8 Å². The van der Waals surface area contributed by atoms with E-state index in [9.17, 15) is 5.11 Å². The normalized spacial score (nSPS) is 12.4. The van der Waals surface area contributed by atoms with Gasteiger partial charge in [0.15, 0.2) is 0 Å². The summed E-state index contributed by atoms with van der Waals surface area (Å²) >= 11 is 0. The fraction of sp³-hybridized carbons (Fsp3) is 0.438. The number of hydrogen-bond donors (Lipinski definition) is 1. The van der Waals surface area contributed by atoms with Gasteiger partial charge in [-0.3, -0.25) is 0 Å². The number of nitrogens with zero attached hydrogens (tertiary/aromatic N) is 2. The van der Waals surface area contributed by atoms with E-state index in [1.54, 1.807) is 6.20 Å². The van der Waals surface area contributed by atoms with Crippen LogP contribution in [0.3, 0.4) is 0 Å². The zero-order valence-electron chi connectivity index (χ0n) is 12.3. The Hall–Kier alpha value is -1.81. The Kier molecular flexibility index (Phi) is 4.79. The van der Waals surface area contributed by atoms with Crippen molar-refractivity contribution in [3.63, 3.8) is 0 Å². The maximum Gasteiger partial charge on any atom is 0.122 e. The highest BCUT2D eigenvalue weighted by Crippen LogP contribution is 2.19. The monoisotopic (exact) mass is 274 g/mol. The molecule has 0 radical (unpaired) electrons. The number of aliphatic hydroxyl groups is 1. The molecular weight excluding hydrogens is 252 g/mol. The molecule has 0 aliphatic carbocycles. The predicted molar refractivity (Wildman–Crippen MR) is 79.0 cm³/mol. The SMILES string of the molecule is CCc1nccn1CC(O)COc1cc(C)ccc1C. The second-order valence-electron chi connectivity index (χ2n) is 5.08. The minimum atomic E-state index is -0.547. The van der Waals surface area contributed by atoms with Crippen molar-refractivity contribution in [1.82, 2.24) is 9.55 Å². The summed E-state index contributed by atoms with van der Waals surface area (Å²) in [5.74, 6) is 1.82. The van der Waals surface area contributed by atoms with Gasteiger partial charge in [-0.2, -0.15) is 0 Å². The van der Waals surface area contributed by atoms with Crippen LogP contribution in [0.5, 0.6) is 5.75 Å². The van der Waals surface area contributed by atoms with Crippen LogP contribution in [0.25, 0.3) is 0 Å². The van der Waals surface area contributed by atoms with E-state index in [2.05, 4.69) is 18.0 Å². The van der Waals surface area contributed by atoms with Gasteiger partial charge in [-0.25, -0.2) is 4.98 Å². The fourth-order valence-corrected chi connectivity index (χ4v) is 2.15. The van der Waals surface area contributed by atoms with E-state index >= 15 is 0 Å². The van der Waals surface area contributed by atoms with Gasteiger partial charge in [-0.1, -0.05) is 19.1 Å². The molecule has 108 valence electrons. The van der Waals surface area contributed by atoms with Crippen molar-refractivity contribution in [3.8, 4) is 5.75 Å². The van der Waals surface area contributed by atoms with Crippen molar-refractivity contribution in [2.24, 2.45) is 0 Å². The summed E-state index contributed by atoms with van der Waals surface area (Å²) in [6.45, 7) is 6.88. The molecular formula is C16H22N2O2. The highest BCUT2D eigenvalue weighted by atomic mass is 16.5. The van der Waals surface area contributed by atoms with Crippen molar-refractivity contribution < 1.29 is 9.84 Å². The summed E-state index contributed by atoms with van der Waals surface area (Å²) in [5, 5.41) is 10.1. The van der Waals surface area contributed by atoms with Gasteiger partial charge in [-0.05, 0) is 31.0 Å². The molecule has 1 N–H and O–H groups in total. The van der Waals surface area contributed by atoms with Gasteiger partial charge in [0.2, 0.25) is 0 Å². The molecule has 0 amide bonds. The molecule has 1 atom stereocenters. The summed E-state index contributed by atoms with van der Waals surface area (Å²) in [7, 11) is 0. The average molecular weight is 274 g/mol. The molecule has 0 bridgehead atoms. The number of hydrogen-bond acceptors (Lipinski definition) is 3. The average Bonchev–Trinajstić information content (AvgIpc) is 2.87. The second-order valence-corrected chi connectivity index (χ2v) is 5.08. The largest absolute Gasteiger partial charge is 0.491 e. The van der Waals surface area contributed by atoms with E-state index in [1.807, 2.05) is 36.7 Å². The van der Waals surface area contributed by atoms with Crippen molar-refractivity contribution in [2.45, 2.75) is 39.8 Å². The maximum atomic E-state index is 10.1. The van der Waals surface area contributed by atoms with Crippen LogP contribution in [0, 0.1) is 13.8 Å². The molecule has 0 spiro atoms. The third-order valence-corrected chi connectivity index (χ3v) is 3.30. The molecule has 0 fully saturated rings. The second kappa shape index (κ2) is 6.57. The standard InChI is InChI=1S/C16H22N2O2/c1-4-16-17-7-8-18(16)10-14(19)11-20-15-9-12(2)5-6-13(15)3/h5-9,14,19H,4,10-11H2,1-3H3. The minimum Gasteiger partial charge on any atom is -0.491 e. The van der Waals surface area contributed by atoms with Crippen LogP contribution in [0.1, 0.15) is 23.9 Å². The Morgan fingerprint density at radius 1 is 1.35 bits per heavy atom. The first-order valence-corrected chi connectivity index (χ1v) is 6.98. The molecule has 1 aromatic carbocycles. The van der Waals surface area contributed by atoms with E-state index < -0.39 is 6.10 Å². The third kappa shape index (κ3) is 3.61. The highest BCUT2D eigenvalue weighted by Gasteiger charge is 2.10. The summed E-state index contributed by atoms with van der Waals surface area (Å²) in [4.78, 5) is 4.24. The number of aryl methyl sites for hydroxylation is 3. The van der Waals surface area contributed by atoms with Gasteiger partial charge in [0.05, 0.1) is 6.54 Å². The first-order chi connectivity index (χ1) is 9.60. The number of aliphatic hydroxyl groups excluding tert-OH is 1. The summed E-state index contributed by atoms with van der Waals surface area (Å²) in [6, 6.07) is 6.08. The van der Waals surface area contributed by atoms with Crippen LogP contribution in [0.4, 0.5) is 0 Å². The molecule has 0 aliphatic rings. The highest BCUT2D eigenvalue weighted by molar-refractivity contribution is 5.35. The van der Waals surface area contributed by atoms with Gasteiger partial charge in [-0.15, -0.1) is 0 Å². The summed E-state index contributed by atoms with van der Waals surface area (Å²) < 4.78 is 7.69. The fourth-order valence-electron chi connectivity index (χ4n) is 2.15. The van der Waals surface area contributed by atoms with Gasteiger partial charge < -0.3 is 14.4 Å². The smallest absolute Gasteiger partial charge is 0.122 e. The minimum absolute atomic E-state index is 0.283. The summed E-state index contributed by atoms with van der Waals surface area (Å²) in [5.41, 5.74) is 2.24. The number of ether oxygens (including phenoxy) is 1. The molecule has 1 heterocycles. The molecule has 4 nitrogen and oxygen atoms in total. The molecule has 2 rings (SSSR count). The third-order valence-electron chi connectivity index (χ3n) is 3.30. The van der Waals surface area contributed by atoms with Gasteiger partial charge >= 0.3 is 0 Å². The zero-order valence-corrected chi connectivity index (χ0v) is 12.3. The molecule has 1 unspecified atom stereocenters. The van der Waals surface area contributed by atoms with E-state index in [-0.39, 0.29) is 6.61 Å². The van der Waals surface area contributed by atoms with E-state index in [0.717, 1.165) is 29.1 Å². The van der Waals surface area contributed by atoms with Crippen LogP contribution in [-0.4, -0.2) is 27.4 Å². The Morgan fingerprint density at radius 2 is 2.15 bits per heavy atom. The molecule has 0 aliphatic heterocycles. The maximum absolute atomic E-state index is 10.1. The lowest BCUT2D eigenvalue weighted by Gasteiger charge is -2.16. The summed E-state index contributed by atoms with van der Waals surface area (Å²) in [6.07, 6.45) is 3.96. The number of imidazole rings is 1. The zero-order chi connectivity index (χ0) is 14.5. The number of benzene rings is 1. The molecule has 0 saturated heterocycles. The van der Waals surface area contributed by atoms with Crippen LogP contribution < -0.4 is 4.74 Å². The predicted octanol–water partition coefficient (Wildman–Crippen LogP) is 2.50.